The number of benzene rings is 1. The molecule has 1 aromatic carbocycles. The van der Waals surface area contributed by atoms with Gasteiger partial charge < -0.3 is 10.5 Å². The van der Waals surface area contributed by atoms with Gasteiger partial charge in [-0.15, -0.1) is 0 Å². The molecule has 0 spiro atoms. The number of primary amides is 1. The summed E-state index contributed by atoms with van der Waals surface area (Å²) < 4.78 is 5.02. The molecule has 2 N–H and O–H groups in total. The molecule has 2 aliphatic rings. The molecular formula is C18H24N2O3. The monoisotopic (exact) mass is 316 g/mol. The van der Waals surface area contributed by atoms with Crippen LogP contribution in [-0.4, -0.2) is 36.0 Å². The van der Waals surface area contributed by atoms with Crippen LogP contribution in [0, 0.1) is 5.92 Å². The Balaban J connectivity index is 1.79. The van der Waals surface area contributed by atoms with Crippen LogP contribution >= 0.6 is 0 Å². The summed E-state index contributed by atoms with van der Waals surface area (Å²) >= 11 is 0. The highest BCUT2D eigenvalue weighted by atomic mass is 16.5. The van der Waals surface area contributed by atoms with Crippen LogP contribution in [0.1, 0.15) is 48.0 Å². The number of likely N-dealkylation sites (tertiary alicyclic amines) is 1. The molecule has 1 aromatic rings. The number of ether oxygens (including phenoxy) is 1. The van der Waals surface area contributed by atoms with Crippen molar-refractivity contribution in [2.45, 2.75) is 50.7 Å². The van der Waals surface area contributed by atoms with Gasteiger partial charge in [-0.25, -0.2) is 0 Å². The second-order valence-corrected chi connectivity index (χ2v) is 6.62. The van der Waals surface area contributed by atoms with Crippen LogP contribution in [0.25, 0.3) is 0 Å². The minimum Gasteiger partial charge on any atom is -0.468 e. The largest absolute Gasteiger partial charge is 0.468 e. The molecule has 0 radical (unpaired) electrons. The zero-order chi connectivity index (χ0) is 16.4. The standard InChI is InChI=1S/C18H24N2O3/c1-23-18(22)16-10-14-4-2-3-5-15(14)20(16)11-12-6-8-13(9-7-12)17(19)21/h6-9,14-16H,2-5,10-11H2,1H3,(H2,19,21)/t14-,15-,16-/m0/s1. The minimum atomic E-state index is -0.419. The highest BCUT2D eigenvalue weighted by Gasteiger charge is 2.45. The quantitative estimate of drug-likeness (QED) is 0.863. The van der Waals surface area contributed by atoms with E-state index in [4.69, 9.17) is 10.5 Å². The fourth-order valence-electron chi connectivity index (χ4n) is 4.13. The number of esters is 1. The molecule has 5 heteroatoms. The number of rotatable bonds is 4. The molecule has 0 bridgehead atoms. The summed E-state index contributed by atoms with van der Waals surface area (Å²) in [6, 6.07) is 7.65. The van der Waals surface area contributed by atoms with E-state index in [-0.39, 0.29) is 12.0 Å². The number of fused-ring (bicyclic) bond motifs is 1. The normalized spacial score (nSPS) is 27.4. The lowest BCUT2D eigenvalue weighted by atomic mass is 9.84. The maximum Gasteiger partial charge on any atom is 0.323 e. The molecule has 1 heterocycles. The van der Waals surface area contributed by atoms with Gasteiger partial charge in [-0.2, -0.15) is 0 Å². The maximum atomic E-state index is 12.2. The molecule has 3 atom stereocenters. The topological polar surface area (TPSA) is 72.6 Å². The first-order valence-corrected chi connectivity index (χ1v) is 8.32. The number of methoxy groups -OCH3 is 1. The Kier molecular flexibility index (Phi) is 4.66. The van der Waals surface area contributed by atoms with Crippen molar-refractivity contribution >= 4 is 11.9 Å². The van der Waals surface area contributed by atoms with Gasteiger partial charge in [-0.05, 0) is 42.9 Å². The average Bonchev–Trinajstić information content (AvgIpc) is 2.93. The Labute approximate surface area is 136 Å². The Bertz CT molecular complexity index is 584. The van der Waals surface area contributed by atoms with E-state index in [1.807, 2.05) is 12.1 Å². The van der Waals surface area contributed by atoms with Gasteiger partial charge in [0.1, 0.15) is 6.04 Å². The number of nitrogens with two attached hydrogens (primary N) is 1. The summed E-state index contributed by atoms with van der Waals surface area (Å²) in [5.41, 5.74) is 6.89. The third-order valence-electron chi connectivity index (χ3n) is 5.30. The lowest BCUT2D eigenvalue weighted by Gasteiger charge is -2.33. The number of hydrogen-bond donors (Lipinski definition) is 1. The molecule has 1 aliphatic heterocycles. The van der Waals surface area contributed by atoms with E-state index in [0.29, 0.717) is 24.1 Å². The van der Waals surface area contributed by atoms with E-state index in [2.05, 4.69) is 4.90 Å². The molecule has 3 rings (SSSR count). The Morgan fingerprint density at radius 1 is 1.22 bits per heavy atom. The van der Waals surface area contributed by atoms with Crippen molar-refractivity contribution in [2.24, 2.45) is 11.7 Å². The van der Waals surface area contributed by atoms with E-state index in [1.54, 1.807) is 12.1 Å². The van der Waals surface area contributed by atoms with Gasteiger partial charge in [0.2, 0.25) is 5.91 Å². The zero-order valence-corrected chi connectivity index (χ0v) is 13.5. The lowest BCUT2D eigenvalue weighted by molar-refractivity contribution is -0.146. The van der Waals surface area contributed by atoms with Crippen LogP contribution < -0.4 is 5.73 Å². The predicted octanol–water partition coefficient (Wildman–Crippen LogP) is 2.09. The van der Waals surface area contributed by atoms with Gasteiger partial charge in [0.25, 0.3) is 0 Å². The second-order valence-electron chi connectivity index (χ2n) is 6.62. The molecule has 2 fully saturated rings. The van der Waals surface area contributed by atoms with Crippen molar-refractivity contribution in [3.8, 4) is 0 Å². The van der Waals surface area contributed by atoms with Crippen LogP contribution in [0.5, 0.6) is 0 Å². The molecule has 0 unspecified atom stereocenters. The van der Waals surface area contributed by atoms with Crippen molar-refractivity contribution in [1.82, 2.24) is 4.90 Å². The molecule has 1 saturated heterocycles. The van der Waals surface area contributed by atoms with Gasteiger partial charge in [-0.1, -0.05) is 25.0 Å². The highest BCUT2D eigenvalue weighted by Crippen LogP contribution is 2.40. The smallest absolute Gasteiger partial charge is 0.323 e. The van der Waals surface area contributed by atoms with Crippen molar-refractivity contribution < 1.29 is 14.3 Å². The summed E-state index contributed by atoms with van der Waals surface area (Å²) in [6.07, 6.45) is 5.74. The Morgan fingerprint density at radius 2 is 1.91 bits per heavy atom. The summed E-state index contributed by atoms with van der Waals surface area (Å²) in [4.78, 5) is 25.7. The Hall–Kier alpha value is -1.88. The summed E-state index contributed by atoms with van der Waals surface area (Å²) in [5.74, 6) is 0.0448. The van der Waals surface area contributed by atoms with Gasteiger partial charge in [0.15, 0.2) is 0 Å². The SMILES string of the molecule is COC(=O)[C@@H]1C[C@@H]2CCCC[C@@H]2N1Cc1ccc(C(N)=O)cc1. The fraction of sp³-hybridized carbons (Fsp3) is 0.556. The lowest BCUT2D eigenvalue weighted by Crippen LogP contribution is -2.42. The molecule has 23 heavy (non-hydrogen) atoms. The third kappa shape index (κ3) is 3.24. The Morgan fingerprint density at radius 3 is 2.57 bits per heavy atom. The zero-order valence-electron chi connectivity index (χ0n) is 13.5. The van der Waals surface area contributed by atoms with Crippen LogP contribution in [0.2, 0.25) is 0 Å². The first-order valence-electron chi connectivity index (χ1n) is 8.32. The van der Waals surface area contributed by atoms with E-state index < -0.39 is 5.91 Å². The summed E-state index contributed by atoms with van der Waals surface area (Å²) in [5, 5.41) is 0. The molecular weight excluding hydrogens is 292 g/mol. The van der Waals surface area contributed by atoms with E-state index >= 15 is 0 Å². The maximum absolute atomic E-state index is 12.2. The predicted molar refractivity (Wildman–Crippen MR) is 86.7 cm³/mol. The van der Waals surface area contributed by atoms with Crippen molar-refractivity contribution in [3.63, 3.8) is 0 Å². The minimum absolute atomic E-state index is 0.131. The summed E-state index contributed by atoms with van der Waals surface area (Å²) in [7, 11) is 1.46. The molecule has 124 valence electrons. The van der Waals surface area contributed by atoms with Gasteiger partial charge >= 0.3 is 5.97 Å². The number of nitrogens with zero attached hydrogens (tertiary/aromatic N) is 1. The van der Waals surface area contributed by atoms with Gasteiger partial charge in [-0.3, -0.25) is 14.5 Å². The molecule has 1 aliphatic carbocycles. The summed E-state index contributed by atoms with van der Waals surface area (Å²) in [6.45, 7) is 0.708. The van der Waals surface area contributed by atoms with Crippen LogP contribution in [0.4, 0.5) is 0 Å². The number of carbonyl (C=O) groups excluding carboxylic acids is 2. The molecule has 1 amide bonds. The average molecular weight is 316 g/mol. The van der Waals surface area contributed by atoms with E-state index in [9.17, 15) is 9.59 Å². The highest BCUT2D eigenvalue weighted by molar-refractivity contribution is 5.92. The van der Waals surface area contributed by atoms with Crippen molar-refractivity contribution in [2.75, 3.05) is 7.11 Å². The number of carbonyl (C=O) groups is 2. The molecule has 5 nitrogen and oxygen atoms in total. The fourth-order valence-corrected chi connectivity index (χ4v) is 4.13. The van der Waals surface area contributed by atoms with E-state index in [0.717, 1.165) is 18.4 Å². The third-order valence-corrected chi connectivity index (χ3v) is 5.30. The number of amides is 1. The van der Waals surface area contributed by atoms with E-state index in [1.165, 1.54) is 26.4 Å². The van der Waals surface area contributed by atoms with Crippen LogP contribution in [0.3, 0.4) is 0 Å². The van der Waals surface area contributed by atoms with Crippen molar-refractivity contribution in [1.29, 1.82) is 0 Å². The van der Waals surface area contributed by atoms with Gasteiger partial charge in [0, 0.05) is 18.2 Å². The van der Waals surface area contributed by atoms with Crippen LogP contribution in [-0.2, 0) is 16.1 Å². The first kappa shape index (κ1) is 16.0. The van der Waals surface area contributed by atoms with Crippen molar-refractivity contribution in [3.05, 3.63) is 35.4 Å². The van der Waals surface area contributed by atoms with Gasteiger partial charge in [0.05, 0.1) is 7.11 Å². The first-order chi connectivity index (χ1) is 11.1. The molecule has 1 saturated carbocycles. The van der Waals surface area contributed by atoms with Crippen LogP contribution in [0.15, 0.2) is 24.3 Å². The number of hydrogen-bond acceptors (Lipinski definition) is 4. The molecule has 0 aromatic heterocycles. The second kappa shape index (κ2) is 6.71.